The summed E-state index contributed by atoms with van der Waals surface area (Å²) in [6, 6.07) is 3.62. The molecule has 1 atom stereocenters. The predicted octanol–water partition coefficient (Wildman–Crippen LogP) is 2.93. The van der Waals surface area contributed by atoms with E-state index in [1.165, 1.54) is 0 Å². The van der Waals surface area contributed by atoms with E-state index in [9.17, 15) is 9.59 Å². The molecule has 0 radical (unpaired) electrons. The first-order valence-electron chi connectivity index (χ1n) is 9.76. The zero-order valence-electron chi connectivity index (χ0n) is 17.4. The minimum Gasteiger partial charge on any atom is -0.496 e. The number of hydrogen-bond acceptors (Lipinski definition) is 6. The number of nitrogens with zero attached hydrogens (tertiary/aromatic N) is 2. The van der Waals surface area contributed by atoms with Crippen molar-refractivity contribution in [3.05, 3.63) is 23.3 Å². The molecule has 0 aliphatic carbocycles. The SMILES string of the molecule is COc1ccc2c(c1C(C)CN1CCN(C(=O)OC(C)(C)C)CC1)OCC2=O. The van der Waals surface area contributed by atoms with Gasteiger partial charge in [0.25, 0.3) is 0 Å². The number of benzene rings is 1. The van der Waals surface area contributed by atoms with Gasteiger partial charge in [-0.25, -0.2) is 4.79 Å². The quantitative estimate of drug-likeness (QED) is 0.787. The molecule has 1 amide bonds. The molecule has 3 rings (SSSR count). The molecule has 1 unspecified atom stereocenters. The molecule has 2 aliphatic heterocycles. The van der Waals surface area contributed by atoms with Crippen molar-refractivity contribution < 1.29 is 23.8 Å². The summed E-state index contributed by atoms with van der Waals surface area (Å²) >= 11 is 0. The van der Waals surface area contributed by atoms with Gasteiger partial charge >= 0.3 is 6.09 Å². The summed E-state index contributed by atoms with van der Waals surface area (Å²) in [5, 5.41) is 0. The average molecular weight is 390 g/mol. The largest absolute Gasteiger partial charge is 0.496 e. The molecule has 0 bridgehead atoms. The van der Waals surface area contributed by atoms with Crippen LogP contribution in [0.4, 0.5) is 4.79 Å². The molecule has 1 saturated heterocycles. The number of carbonyl (C=O) groups excluding carboxylic acids is 2. The summed E-state index contributed by atoms with van der Waals surface area (Å²) in [5.74, 6) is 1.54. The third-order valence-corrected chi connectivity index (χ3v) is 5.07. The van der Waals surface area contributed by atoms with Crippen LogP contribution in [-0.4, -0.2) is 73.7 Å². The minimum absolute atomic E-state index is 0.0112. The lowest BCUT2D eigenvalue weighted by Gasteiger charge is -2.36. The van der Waals surface area contributed by atoms with Crippen molar-refractivity contribution in [3.63, 3.8) is 0 Å². The molecule has 0 N–H and O–H groups in total. The number of amides is 1. The lowest BCUT2D eigenvalue weighted by molar-refractivity contribution is 0.0142. The molecule has 1 aromatic carbocycles. The fourth-order valence-corrected chi connectivity index (χ4v) is 3.73. The molecule has 1 fully saturated rings. The normalized spacial score (nSPS) is 18.5. The molecular weight excluding hydrogens is 360 g/mol. The average Bonchev–Trinajstić information content (AvgIpc) is 3.01. The summed E-state index contributed by atoms with van der Waals surface area (Å²) in [4.78, 5) is 28.3. The van der Waals surface area contributed by atoms with Crippen LogP contribution in [0.15, 0.2) is 12.1 Å². The number of rotatable bonds is 4. The first-order valence-corrected chi connectivity index (χ1v) is 9.76. The Morgan fingerprint density at radius 1 is 1.21 bits per heavy atom. The van der Waals surface area contributed by atoms with Gasteiger partial charge in [-0.2, -0.15) is 0 Å². The molecule has 0 aromatic heterocycles. The monoisotopic (exact) mass is 390 g/mol. The number of hydrogen-bond donors (Lipinski definition) is 0. The van der Waals surface area contributed by atoms with Gasteiger partial charge in [-0.1, -0.05) is 6.92 Å². The fourth-order valence-electron chi connectivity index (χ4n) is 3.73. The van der Waals surface area contributed by atoms with Crippen LogP contribution in [-0.2, 0) is 4.74 Å². The van der Waals surface area contributed by atoms with Gasteiger partial charge in [0.15, 0.2) is 6.61 Å². The van der Waals surface area contributed by atoms with Crippen LogP contribution in [0.1, 0.15) is 49.5 Å². The Hall–Kier alpha value is -2.28. The minimum atomic E-state index is -0.482. The van der Waals surface area contributed by atoms with E-state index in [0.717, 1.165) is 30.9 Å². The van der Waals surface area contributed by atoms with Crippen LogP contribution >= 0.6 is 0 Å². The van der Waals surface area contributed by atoms with Crippen LogP contribution in [0.2, 0.25) is 0 Å². The summed E-state index contributed by atoms with van der Waals surface area (Å²) in [7, 11) is 1.63. The third-order valence-electron chi connectivity index (χ3n) is 5.07. The van der Waals surface area contributed by atoms with Crippen molar-refractivity contribution in [2.45, 2.75) is 39.2 Å². The summed E-state index contributed by atoms with van der Waals surface area (Å²) in [5.41, 5.74) is 1.10. The number of methoxy groups -OCH3 is 1. The van der Waals surface area contributed by atoms with E-state index in [-0.39, 0.29) is 24.4 Å². The van der Waals surface area contributed by atoms with Gasteiger partial charge in [0.2, 0.25) is 5.78 Å². The highest BCUT2D eigenvalue weighted by atomic mass is 16.6. The second kappa shape index (κ2) is 7.99. The smallest absolute Gasteiger partial charge is 0.410 e. The molecule has 154 valence electrons. The van der Waals surface area contributed by atoms with Crippen molar-refractivity contribution in [1.82, 2.24) is 9.80 Å². The maximum absolute atomic E-state index is 12.2. The van der Waals surface area contributed by atoms with Gasteiger partial charge in [-0.15, -0.1) is 0 Å². The summed E-state index contributed by atoms with van der Waals surface area (Å²) < 4.78 is 16.7. The Bertz CT molecular complexity index is 748. The van der Waals surface area contributed by atoms with Crippen molar-refractivity contribution in [2.75, 3.05) is 46.4 Å². The topological polar surface area (TPSA) is 68.3 Å². The highest BCUT2D eigenvalue weighted by Gasteiger charge is 2.31. The van der Waals surface area contributed by atoms with Crippen molar-refractivity contribution in [3.8, 4) is 11.5 Å². The fraction of sp³-hybridized carbons (Fsp3) is 0.619. The Morgan fingerprint density at radius 2 is 1.89 bits per heavy atom. The van der Waals surface area contributed by atoms with Gasteiger partial charge < -0.3 is 19.1 Å². The lowest BCUT2D eigenvalue weighted by Crippen LogP contribution is -2.50. The molecule has 0 saturated carbocycles. The Kier molecular flexibility index (Phi) is 5.84. The molecule has 2 aliphatic rings. The molecule has 28 heavy (non-hydrogen) atoms. The Balaban J connectivity index is 1.63. The second-order valence-electron chi connectivity index (χ2n) is 8.44. The van der Waals surface area contributed by atoms with Crippen molar-refractivity contribution in [1.29, 1.82) is 0 Å². The molecule has 1 aromatic rings. The summed E-state index contributed by atoms with van der Waals surface area (Å²) in [6.45, 7) is 11.5. The molecular formula is C21H30N2O5. The van der Waals surface area contributed by atoms with Gasteiger partial charge in [-0.3, -0.25) is 9.69 Å². The van der Waals surface area contributed by atoms with E-state index in [4.69, 9.17) is 14.2 Å². The molecule has 0 spiro atoms. The van der Waals surface area contributed by atoms with E-state index in [0.29, 0.717) is 24.4 Å². The van der Waals surface area contributed by atoms with Gasteiger partial charge in [-0.05, 0) is 32.9 Å². The summed E-state index contributed by atoms with van der Waals surface area (Å²) in [6.07, 6.45) is -0.255. The van der Waals surface area contributed by atoms with E-state index >= 15 is 0 Å². The third kappa shape index (κ3) is 4.41. The maximum atomic E-state index is 12.2. The highest BCUT2D eigenvalue weighted by Crippen LogP contribution is 2.41. The van der Waals surface area contributed by atoms with Crippen molar-refractivity contribution >= 4 is 11.9 Å². The highest BCUT2D eigenvalue weighted by molar-refractivity contribution is 6.03. The van der Waals surface area contributed by atoms with Crippen molar-refractivity contribution in [2.24, 2.45) is 0 Å². The molecule has 2 heterocycles. The predicted molar refractivity (Wildman–Crippen MR) is 105 cm³/mol. The van der Waals surface area contributed by atoms with E-state index in [1.54, 1.807) is 18.1 Å². The van der Waals surface area contributed by atoms with Crippen LogP contribution in [0.3, 0.4) is 0 Å². The van der Waals surface area contributed by atoms with Gasteiger partial charge in [0.05, 0.1) is 12.7 Å². The number of ether oxygens (including phenoxy) is 3. The Labute approximate surface area is 166 Å². The number of Topliss-reactive ketones (excluding diaryl/α,β-unsaturated/α-hetero) is 1. The van der Waals surface area contributed by atoms with Gasteiger partial charge in [0.1, 0.15) is 17.1 Å². The van der Waals surface area contributed by atoms with Crippen LogP contribution < -0.4 is 9.47 Å². The second-order valence-corrected chi connectivity index (χ2v) is 8.44. The van der Waals surface area contributed by atoms with E-state index in [2.05, 4.69) is 11.8 Å². The Morgan fingerprint density at radius 3 is 2.50 bits per heavy atom. The first-order chi connectivity index (χ1) is 13.2. The van der Waals surface area contributed by atoms with Gasteiger partial charge in [0, 0.05) is 44.2 Å². The van der Waals surface area contributed by atoms with Crippen LogP contribution in [0, 0.1) is 0 Å². The number of carbonyl (C=O) groups is 2. The zero-order valence-corrected chi connectivity index (χ0v) is 17.4. The van der Waals surface area contributed by atoms with Crippen LogP contribution in [0.25, 0.3) is 0 Å². The standard InChI is InChI=1S/C21H30N2O5/c1-14(18-17(26-5)7-6-15-16(24)13-27-19(15)18)12-22-8-10-23(11-9-22)20(25)28-21(2,3)4/h6-7,14H,8-13H2,1-5H3. The number of fused-ring (bicyclic) bond motifs is 1. The first kappa shape index (κ1) is 20.5. The molecule has 7 nitrogen and oxygen atoms in total. The number of piperazine rings is 1. The zero-order chi connectivity index (χ0) is 20.5. The maximum Gasteiger partial charge on any atom is 0.410 e. The van der Waals surface area contributed by atoms with E-state index < -0.39 is 5.60 Å². The lowest BCUT2D eigenvalue weighted by atomic mass is 9.95. The number of ketones is 1. The van der Waals surface area contributed by atoms with Crippen LogP contribution in [0.5, 0.6) is 11.5 Å². The van der Waals surface area contributed by atoms with E-state index in [1.807, 2.05) is 26.8 Å². The molecule has 7 heteroatoms.